The van der Waals surface area contributed by atoms with E-state index in [1.807, 2.05) is 24.3 Å². The van der Waals surface area contributed by atoms with Crippen molar-refractivity contribution >= 4 is 46.0 Å². The molecule has 3 rings (SSSR count). The highest BCUT2D eigenvalue weighted by Gasteiger charge is 2.34. The number of aryl methyl sites for hydroxylation is 1. The Hall–Kier alpha value is -2.11. The summed E-state index contributed by atoms with van der Waals surface area (Å²) in [6.45, 7) is 2.06. The van der Waals surface area contributed by atoms with Gasteiger partial charge in [0.15, 0.2) is 4.32 Å². The summed E-state index contributed by atoms with van der Waals surface area (Å²) in [6, 6.07) is 14.5. The maximum Gasteiger partial charge on any atom is 0.270 e. The summed E-state index contributed by atoms with van der Waals surface area (Å²) in [6.07, 6.45) is 2.64. The van der Waals surface area contributed by atoms with Gasteiger partial charge in [0.2, 0.25) is 0 Å². The number of thioether (sulfide) groups is 1. The molecule has 2 aromatic rings. The molecule has 2 aromatic carbocycles. The maximum absolute atomic E-state index is 12.8. The number of phenolic OH excluding ortho intramolecular Hbond substituents is 1. The molecule has 1 fully saturated rings. The first-order chi connectivity index (χ1) is 11.1. The highest BCUT2D eigenvalue weighted by Crippen LogP contribution is 2.37. The van der Waals surface area contributed by atoms with E-state index < -0.39 is 0 Å². The molecule has 23 heavy (non-hydrogen) atoms. The second-order valence-corrected chi connectivity index (χ2v) is 6.77. The van der Waals surface area contributed by atoms with Crippen LogP contribution in [0.25, 0.3) is 6.08 Å². The van der Waals surface area contributed by atoms with E-state index >= 15 is 0 Å². The molecular weight excluding hydrogens is 326 g/mol. The molecule has 1 saturated heterocycles. The molecule has 1 aliphatic heterocycles. The Labute approximate surface area is 144 Å². The number of carbonyl (C=O) groups is 1. The lowest BCUT2D eigenvalue weighted by Crippen LogP contribution is -2.28. The summed E-state index contributed by atoms with van der Waals surface area (Å²) < 4.78 is 0.543. The van der Waals surface area contributed by atoms with Gasteiger partial charge in [0.05, 0.1) is 10.6 Å². The Kier molecular flexibility index (Phi) is 4.50. The fourth-order valence-corrected chi connectivity index (χ4v) is 3.71. The summed E-state index contributed by atoms with van der Waals surface area (Å²) in [4.78, 5) is 14.9. The summed E-state index contributed by atoms with van der Waals surface area (Å²) in [7, 11) is 0. The first kappa shape index (κ1) is 15.8. The lowest BCUT2D eigenvalue weighted by molar-refractivity contribution is -0.113. The summed E-state index contributed by atoms with van der Waals surface area (Å²) >= 11 is 6.71. The van der Waals surface area contributed by atoms with Gasteiger partial charge in [0, 0.05) is 0 Å². The topological polar surface area (TPSA) is 40.5 Å². The van der Waals surface area contributed by atoms with Gasteiger partial charge in [-0.2, -0.15) is 0 Å². The highest BCUT2D eigenvalue weighted by atomic mass is 32.2. The van der Waals surface area contributed by atoms with Crippen molar-refractivity contribution in [2.45, 2.75) is 13.3 Å². The first-order valence-electron chi connectivity index (χ1n) is 7.25. The van der Waals surface area contributed by atoms with E-state index in [0.717, 1.165) is 23.2 Å². The molecule has 0 radical (unpaired) electrons. The van der Waals surface area contributed by atoms with Gasteiger partial charge in [-0.3, -0.25) is 9.69 Å². The van der Waals surface area contributed by atoms with Crippen LogP contribution in [-0.4, -0.2) is 15.3 Å². The molecule has 1 amide bonds. The third-order valence-electron chi connectivity index (χ3n) is 3.60. The van der Waals surface area contributed by atoms with E-state index in [1.54, 1.807) is 35.2 Å². The van der Waals surface area contributed by atoms with Crippen LogP contribution in [0.5, 0.6) is 5.75 Å². The SMILES string of the molecule is CCc1ccccc1N1C(=O)C(=Cc2ccc(O)cc2)SC1=S. The van der Waals surface area contributed by atoms with Gasteiger partial charge in [0.1, 0.15) is 5.75 Å². The normalized spacial score (nSPS) is 16.4. The fourth-order valence-electron chi connectivity index (χ4n) is 2.43. The van der Waals surface area contributed by atoms with Crippen molar-refractivity contribution in [2.75, 3.05) is 4.90 Å². The van der Waals surface area contributed by atoms with E-state index in [9.17, 15) is 9.90 Å². The predicted molar refractivity (Wildman–Crippen MR) is 99.6 cm³/mol. The van der Waals surface area contributed by atoms with Crippen molar-refractivity contribution in [3.05, 3.63) is 64.6 Å². The lowest BCUT2D eigenvalue weighted by atomic mass is 10.1. The van der Waals surface area contributed by atoms with Gasteiger partial charge >= 0.3 is 0 Å². The molecule has 0 spiro atoms. The van der Waals surface area contributed by atoms with Crippen LogP contribution in [0.15, 0.2) is 53.4 Å². The van der Waals surface area contributed by atoms with E-state index in [-0.39, 0.29) is 11.7 Å². The van der Waals surface area contributed by atoms with E-state index in [4.69, 9.17) is 12.2 Å². The van der Waals surface area contributed by atoms with Crippen LogP contribution in [0.2, 0.25) is 0 Å². The second-order valence-electron chi connectivity index (χ2n) is 5.09. The van der Waals surface area contributed by atoms with E-state index in [2.05, 4.69) is 6.92 Å². The molecule has 5 heteroatoms. The van der Waals surface area contributed by atoms with Crippen LogP contribution in [0.3, 0.4) is 0 Å². The number of carbonyl (C=O) groups excluding carboxylic acids is 1. The van der Waals surface area contributed by atoms with Crippen molar-refractivity contribution in [3.8, 4) is 5.75 Å². The molecule has 0 unspecified atom stereocenters. The Bertz CT molecular complexity index is 797. The number of phenols is 1. The number of aromatic hydroxyl groups is 1. The zero-order valence-electron chi connectivity index (χ0n) is 12.5. The van der Waals surface area contributed by atoms with Crippen LogP contribution >= 0.6 is 24.0 Å². The molecule has 0 aromatic heterocycles. The van der Waals surface area contributed by atoms with Gasteiger partial charge in [-0.25, -0.2) is 0 Å². The monoisotopic (exact) mass is 341 g/mol. The molecule has 1 heterocycles. The standard InChI is InChI=1S/C18H15NO2S2/c1-2-13-5-3-4-6-15(13)19-17(21)16(23-18(19)22)11-12-7-9-14(20)10-8-12/h3-11,20H,2H2,1H3. The molecule has 0 saturated carbocycles. The molecule has 3 nitrogen and oxygen atoms in total. The van der Waals surface area contributed by atoms with Crippen LogP contribution < -0.4 is 4.90 Å². The highest BCUT2D eigenvalue weighted by molar-refractivity contribution is 8.27. The summed E-state index contributed by atoms with van der Waals surface area (Å²) in [5.74, 6) is 0.0977. The van der Waals surface area contributed by atoms with Crippen molar-refractivity contribution < 1.29 is 9.90 Å². The van der Waals surface area contributed by atoms with Crippen molar-refractivity contribution in [1.29, 1.82) is 0 Å². The molecule has 0 atom stereocenters. The zero-order valence-corrected chi connectivity index (χ0v) is 14.2. The average molecular weight is 341 g/mol. The van der Waals surface area contributed by atoms with Crippen LogP contribution in [0.1, 0.15) is 18.1 Å². The molecule has 1 N–H and O–H groups in total. The van der Waals surface area contributed by atoms with Crippen LogP contribution in [0, 0.1) is 0 Å². The summed E-state index contributed by atoms with van der Waals surface area (Å²) in [5.41, 5.74) is 2.80. The predicted octanol–water partition coefficient (Wildman–Crippen LogP) is 4.36. The molecule has 116 valence electrons. The third kappa shape index (κ3) is 3.16. The van der Waals surface area contributed by atoms with Crippen molar-refractivity contribution in [1.82, 2.24) is 0 Å². The minimum absolute atomic E-state index is 0.103. The van der Waals surface area contributed by atoms with Crippen molar-refractivity contribution in [2.24, 2.45) is 0 Å². The van der Waals surface area contributed by atoms with E-state index in [1.165, 1.54) is 11.8 Å². The largest absolute Gasteiger partial charge is 0.508 e. The first-order valence-corrected chi connectivity index (χ1v) is 8.47. The second kappa shape index (κ2) is 6.56. The number of benzene rings is 2. The van der Waals surface area contributed by atoms with Gasteiger partial charge in [-0.1, -0.05) is 61.2 Å². The Balaban J connectivity index is 1.95. The fraction of sp³-hybridized carbons (Fsp3) is 0.111. The lowest BCUT2D eigenvalue weighted by Gasteiger charge is -2.18. The third-order valence-corrected chi connectivity index (χ3v) is 4.90. The Morgan fingerprint density at radius 3 is 2.57 bits per heavy atom. The summed E-state index contributed by atoms with van der Waals surface area (Å²) in [5, 5.41) is 9.34. The van der Waals surface area contributed by atoms with E-state index in [0.29, 0.717) is 9.23 Å². The number of hydrogen-bond acceptors (Lipinski definition) is 4. The quantitative estimate of drug-likeness (QED) is 0.665. The number of hydrogen-bond donors (Lipinski definition) is 1. The van der Waals surface area contributed by atoms with Gasteiger partial charge < -0.3 is 5.11 Å². The van der Waals surface area contributed by atoms with Crippen LogP contribution in [-0.2, 0) is 11.2 Å². The minimum atomic E-state index is -0.103. The molecular formula is C18H15NO2S2. The molecule has 0 bridgehead atoms. The molecule has 1 aliphatic rings. The minimum Gasteiger partial charge on any atom is -0.508 e. The Morgan fingerprint density at radius 1 is 1.17 bits per heavy atom. The Morgan fingerprint density at radius 2 is 1.87 bits per heavy atom. The number of anilines is 1. The smallest absolute Gasteiger partial charge is 0.270 e. The number of rotatable bonds is 3. The zero-order chi connectivity index (χ0) is 16.4. The van der Waals surface area contributed by atoms with Crippen LogP contribution in [0.4, 0.5) is 5.69 Å². The number of thiocarbonyl (C=S) groups is 1. The number of para-hydroxylation sites is 1. The van der Waals surface area contributed by atoms with Gasteiger partial charge in [-0.05, 0) is 41.8 Å². The van der Waals surface area contributed by atoms with Gasteiger partial charge in [-0.15, -0.1) is 0 Å². The van der Waals surface area contributed by atoms with Crippen molar-refractivity contribution in [3.63, 3.8) is 0 Å². The molecule has 0 aliphatic carbocycles. The average Bonchev–Trinajstić information content (AvgIpc) is 2.83. The van der Waals surface area contributed by atoms with Gasteiger partial charge in [0.25, 0.3) is 5.91 Å². The number of amides is 1. The number of nitrogens with zero attached hydrogens (tertiary/aromatic N) is 1. The maximum atomic E-state index is 12.8.